The van der Waals surface area contributed by atoms with Crippen LogP contribution in [0.15, 0.2) is 47.1 Å². The Hall–Kier alpha value is -3.09. The Balaban J connectivity index is 1.98. The average molecular weight is 344 g/mol. The molecule has 0 fully saturated rings. The van der Waals surface area contributed by atoms with Gasteiger partial charge in [-0.15, -0.1) is 0 Å². The largest absolute Gasteiger partial charge is 0.481 e. The molecule has 0 saturated carbocycles. The first kappa shape index (κ1) is 18.3. The molecule has 0 spiro atoms. The Kier molecular flexibility index (Phi) is 5.59. The van der Waals surface area contributed by atoms with Gasteiger partial charge < -0.3 is 20.2 Å². The summed E-state index contributed by atoms with van der Waals surface area (Å²) in [5.74, 6) is -1.44. The minimum absolute atomic E-state index is 0.0717. The van der Waals surface area contributed by atoms with Crippen molar-refractivity contribution < 1.29 is 23.9 Å². The Labute approximate surface area is 145 Å². The van der Waals surface area contributed by atoms with Crippen molar-refractivity contribution in [3.8, 4) is 0 Å². The van der Waals surface area contributed by atoms with E-state index in [1.165, 1.54) is 6.26 Å². The first-order valence-corrected chi connectivity index (χ1v) is 7.72. The highest BCUT2D eigenvalue weighted by atomic mass is 16.4. The van der Waals surface area contributed by atoms with Gasteiger partial charge in [0.2, 0.25) is 5.91 Å². The second-order valence-corrected chi connectivity index (χ2v) is 6.47. The lowest BCUT2D eigenvalue weighted by Crippen LogP contribution is -2.24. The third kappa shape index (κ3) is 5.80. The molecule has 0 atom stereocenters. The molecule has 132 valence electrons. The number of hydrogen-bond acceptors (Lipinski definition) is 4. The highest BCUT2D eigenvalue weighted by Gasteiger charge is 2.25. The fraction of sp³-hybridized carbons (Fsp3) is 0.278. The Bertz CT molecular complexity index is 766. The summed E-state index contributed by atoms with van der Waals surface area (Å²) in [5.41, 5.74) is 0.360. The van der Waals surface area contributed by atoms with Gasteiger partial charge in [0.1, 0.15) is 0 Å². The van der Waals surface area contributed by atoms with Crippen LogP contribution < -0.4 is 10.6 Å². The number of hydrogen-bond donors (Lipinski definition) is 3. The Morgan fingerprint density at radius 2 is 1.72 bits per heavy atom. The van der Waals surface area contributed by atoms with E-state index in [-0.39, 0.29) is 24.5 Å². The van der Waals surface area contributed by atoms with Crippen LogP contribution in [-0.2, 0) is 9.59 Å². The molecule has 25 heavy (non-hydrogen) atoms. The summed E-state index contributed by atoms with van der Waals surface area (Å²) in [6.07, 6.45) is 1.38. The molecule has 2 aromatic rings. The van der Waals surface area contributed by atoms with Crippen LogP contribution in [0.4, 0.5) is 11.4 Å². The second kappa shape index (κ2) is 7.65. The lowest BCUT2D eigenvalue weighted by Gasteiger charge is -2.21. The number of furan rings is 1. The van der Waals surface area contributed by atoms with E-state index in [1.807, 2.05) is 0 Å². The summed E-state index contributed by atoms with van der Waals surface area (Å²) >= 11 is 0. The van der Waals surface area contributed by atoms with Gasteiger partial charge in [0.25, 0.3) is 5.91 Å². The van der Waals surface area contributed by atoms with Crippen molar-refractivity contribution >= 4 is 29.2 Å². The lowest BCUT2D eigenvalue weighted by molar-refractivity contribution is -0.139. The van der Waals surface area contributed by atoms with E-state index in [9.17, 15) is 14.4 Å². The predicted molar refractivity (Wildman–Crippen MR) is 92.4 cm³/mol. The third-order valence-corrected chi connectivity index (χ3v) is 3.42. The molecule has 1 heterocycles. The SMILES string of the molecule is CC(C)(CC(=O)O)CC(=O)Nc1cccc(NC(=O)c2ccco2)c1. The van der Waals surface area contributed by atoms with E-state index in [0.29, 0.717) is 11.4 Å². The molecule has 0 aliphatic rings. The van der Waals surface area contributed by atoms with Crippen LogP contribution in [0.3, 0.4) is 0 Å². The fourth-order valence-corrected chi connectivity index (χ4v) is 2.39. The van der Waals surface area contributed by atoms with E-state index in [1.54, 1.807) is 50.2 Å². The topological polar surface area (TPSA) is 109 Å². The molecular weight excluding hydrogens is 324 g/mol. The van der Waals surface area contributed by atoms with Crippen LogP contribution in [-0.4, -0.2) is 22.9 Å². The molecule has 0 saturated heterocycles. The summed E-state index contributed by atoms with van der Waals surface area (Å²) < 4.78 is 5.02. The first-order chi connectivity index (χ1) is 11.7. The smallest absolute Gasteiger partial charge is 0.303 e. The Morgan fingerprint density at radius 3 is 2.32 bits per heavy atom. The van der Waals surface area contributed by atoms with Crippen molar-refractivity contribution in [3.63, 3.8) is 0 Å². The van der Waals surface area contributed by atoms with Crippen molar-refractivity contribution in [2.45, 2.75) is 26.7 Å². The van der Waals surface area contributed by atoms with Crippen molar-refractivity contribution in [1.29, 1.82) is 0 Å². The number of aliphatic carboxylic acids is 1. The highest BCUT2D eigenvalue weighted by Crippen LogP contribution is 2.26. The standard InChI is InChI=1S/C18H20N2O5/c1-18(2,11-16(22)23)10-15(21)19-12-5-3-6-13(9-12)20-17(24)14-7-4-8-25-14/h3-9H,10-11H2,1-2H3,(H,19,21)(H,20,24)(H,22,23). The van der Waals surface area contributed by atoms with Crippen LogP contribution in [0.1, 0.15) is 37.2 Å². The predicted octanol–water partition coefficient (Wildman–Crippen LogP) is 3.36. The average Bonchev–Trinajstić information content (AvgIpc) is 2.99. The van der Waals surface area contributed by atoms with Crippen molar-refractivity contribution in [1.82, 2.24) is 0 Å². The molecule has 0 aliphatic heterocycles. The molecule has 2 amide bonds. The number of carbonyl (C=O) groups excluding carboxylic acids is 2. The summed E-state index contributed by atoms with van der Waals surface area (Å²) in [6, 6.07) is 9.84. The molecule has 0 radical (unpaired) electrons. The van der Waals surface area contributed by atoms with Gasteiger partial charge in [-0.05, 0) is 35.7 Å². The number of benzene rings is 1. The summed E-state index contributed by atoms with van der Waals surface area (Å²) in [7, 11) is 0. The maximum absolute atomic E-state index is 12.1. The van der Waals surface area contributed by atoms with Crippen molar-refractivity contribution in [2.75, 3.05) is 10.6 Å². The van der Waals surface area contributed by atoms with E-state index < -0.39 is 17.3 Å². The molecule has 7 heteroatoms. The van der Waals surface area contributed by atoms with Crippen LogP contribution in [0.25, 0.3) is 0 Å². The monoisotopic (exact) mass is 344 g/mol. The zero-order chi connectivity index (χ0) is 18.4. The number of carboxylic acids is 1. The zero-order valence-electron chi connectivity index (χ0n) is 14.0. The molecule has 2 rings (SSSR count). The molecule has 7 nitrogen and oxygen atoms in total. The third-order valence-electron chi connectivity index (χ3n) is 3.42. The van der Waals surface area contributed by atoms with Crippen LogP contribution in [0, 0.1) is 5.41 Å². The fourth-order valence-electron chi connectivity index (χ4n) is 2.39. The Morgan fingerprint density at radius 1 is 1.04 bits per heavy atom. The van der Waals surface area contributed by atoms with Gasteiger partial charge >= 0.3 is 5.97 Å². The molecule has 1 aromatic carbocycles. The van der Waals surface area contributed by atoms with Gasteiger partial charge in [-0.25, -0.2) is 0 Å². The number of rotatable bonds is 7. The van der Waals surface area contributed by atoms with Crippen LogP contribution in [0.2, 0.25) is 0 Å². The van der Waals surface area contributed by atoms with Gasteiger partial charge in [0, 0.05) is 17.8 Å². The molecule has 0 unspecified atom stereocenters. The maximum Gasteiger partial charge on any atom is 0.303 e. The van der Waals surface area contributed by atoms with Gasteiger partial charge in [0.05, 0.1) is 12.7 Å². The van der Waals surface area contributed by atoms with Crippen molar-refractivity contribution in [3.05, 3.63) is 48.4 Å². The quantitative estimate of drug-likeness (QED) is 0.713. The molecule has 0 bridgehead atoms. The molecule has 3 N–H and O–H groups in total. The van der Waals surface area contributed by atoms with E-state index in [0.717, 1.165) is 0 Å². The second-order valence-electron chi connectivity index (χ2n) is 6.47. The number of carboxylic acid groups (broad SMARTS) is 1. The first-order valence-electron chi connectivity index (χ1n) is 7.72. The molecular formula is C18H20N2O5. The summed E-state index contributed by atoms with van der Waals surface area (Å²) in [5, 5.41) is 14.3. The maximum atomic E-state index is 12.1. The summed E-state index contributed by atoms with van der Waals surface area (Å²) in [6.45, 7) is 3.45. The van der Waals surface area contributed by atoms with E-state index in [4.69, 9.17) is 9.52 Å². The normalized spacial score (nSPS) is 11.0. The number of anilines is 2. The van der Waals surface area contributed by atoms with Crippen molar-refractivity contribution in [2.24, 2.45) is 5.41 Å². The minimum atomic E-state index is -0.944. The molecule has 1 aromatic heterocycles. The number of carbonyl (C=O) groups is 3. The van der Waals surface area contributed by atoms with Crippen LogP contribution >= 0.6 is 0 Å². The zero-order valence-corrected chi connectivity index (χ0v) is 14.0. The van der Waals surface area contributed by atoms with Gasteiger partial charge in [-0.2, -0.15) is 0 Å². The van der Waals surface area contributed by atoms with E-state index >= 15 is 0 Å². The van der Waals surface area contributed by atoms with Gasteiger partial charge in [-0.1, -0.05) is 19.9 Å². The minimum Gasteiger partial charge on any atom is -0.481 e. The number of amides is 2. The van der Waals surface area contributed by atoms with Crippen LogP contribution in [0.5, 0.6) is 0 Å². The van der Waals surface area contributed by atoms with E-state index in [2.05, 4.69) is 10.6 Å². The molecule has 0 aliphatic carbocycles. The summed E-state index contributed by atoms with van der Waals surface area (Å²) in [4.78, 5) is 34.9. The van der Waals surface area contributed by atoms with Gasteiger partial charge in [-0.3, -0.25) is 14.4 Å². The van der Waals surface area contributed by atoms with Gasteiger partial charge in [0.15, 0.2) is 5.76 Å². The lowest BCUT2D eigenvalue weighted by atomic mass is 9.85. The number of nitrogens with one attached hydrogen (secondary N) is 2. The highest BCUT2D eigenvalue weighted by molar-refractivity contribution is 6.02.